The van der Waals surface area contributed by atoms with Crippen LogP contribution in [0.3, 0.4) is 0 Å². The van der Waals surface area contributed by atoms with Gasteiger partial charge < -0.3 is 9.73 Å². The Morgan fingerprint density at radius 3 is 2.53 bits per heavy atom. The number of rotatable bonds is 9. The van der Waals surface area contributed by atoms with Gasteiger partial charge in [0.1, 0.15) is 0 Å². The molecule has 1 aromatic rings. The average molecular weight is 239 g/mol. The van der Waals surface area contributed by atoms with Crippen molar-refractivity contribution < 1.29 is 4.42 Å². The minimum absolute atomic E-state index is 0.635. The number of hydrogen-bond acceptors (Lipinski definition) is 4. The summed E-state index contributed by atoms with van der Waals surface area (Å²) < 4.78 is 5.27. The van der Waals surface area contributed by atoms with Gasteiger partial charge in [0, 0.05) is 6.92 Å². The molecule has 0 saturated heterocycles. The largest absolute Gasteiger partial charge is 0.424 e. The van der Waals surface area contributed by atoms with E-state index in [4.69, 9.17) is 4.42 Å². The molecule has 98 valence electrons. The lowest BCUT2D eigenvalue weighted by Gasteiger charge is -2.04. The van der Waals surface area contributed by atoms with E-state index in [0.29, 0.717) is 18.3 Å². The molecule has 0 aliphatic rings. The van der Waals surface area contributed by atoms with Gasteiger partial charge in [-0.1, -0.05) is 39.5 Å². The summed E-state index contributed by atoms with van der Waals surface area (Å²) in [6.07, 6.45) is 6.60. The first-order valence-corrected chi connectivity index (χ1v) is 6.68. The lowest BCUT2D eigenvalue weighted by atomic mass is 10.0. The van der Waals surface area contributed by atoms with Crippen LogP contribution in [0.4, 0.5) is 0 Å². The van der Waals surface area contributed by atoms with E-state index < -0.39 is 0 Å². The Balaban J connectivity index is 1.88. The molecule has 0 radical (unpaired) electrons. The molecule has 4 nitrogen and oxygen atoms in total. The Morgan fingerprint density at radius 1 is 1.12 bits per heavy atom. The van der Waals surface area contributed by atoms with Crippen LogP contribution in [0, 0.1) is 12.8 Å². The van der Waals surface area contributed by atoms with Crippen molar-refractivity contribution in [3.63, 3.8) is 0 Å². The van der Waals surface area contributed by atoms with E-state index >= 15 is 0 Å². The molecule has 4 heteroatoms. The summed E-state index contributed by atoms with van der Waals surface area (Å²) in [5.74, 6) is 2.16. The molecule has 0 unspecified atom stereocenters. The van der Waals surface area contributed by atoms with Crippen molar-refractivity contribution in [3.8, 4) is 0 Å². The molecule has 0 aliphatic carbocycles. The van der Waals surface area contributed by atoms with Gasteiger partial charge in [-0.05, 0) is 18.9 Å². The Kier molecular flexibility index (Phi) is 6.86. The van der Waals surface area contributed by atoms with Crippen LogP contribution in [0.15, 0.2) is 4.42 Å². The highest BCUT2D eigenvalue weighted by atomic mass is 16.4. The molecule has 0 bridgehead atoms. The van der Waals surface area contributed by atoms with Crippen molar-refractivity contribution in [1.82, 2.24) is 15.5 Å². The van der Waals surface area contributed by atoms with Crippen LogP contribution in [-0.4, -0.2) is 16.7 Å². The van der Waals surface area contributed by atoms with Crippen LogP contribution in [-0.2, 0) is 6.54 Å². The number of nitrogens with one attached hydrogen (secondary N) is 1. The van der Waals surface area contributed by atoms with Crippen LogP contribution >= 0.6 is 0 Å². The molecule has 1 heterocycles. The monoisotopic (exact) mass is 239 g/mol. The molecule has 1 N–H and O–H groups in total. The summed E-state index contributed by atoms with van der Waals surface area (Å²) in [5.41, 5.74) is 0. The molecule has 0 amide bonds. The Labute approximate surface area is 104 Å². The molecule has 0 saturated carbocycles. The van der Waals surface area contributed by atoms with Gasteiger partial charge in [-0.15, -0.1) is 10.2 Å². The van der Waals surface area contributed by atoms with Gasteiger partial charge in [0.25, 0.3) is 0 Å². The van der Waals surface area contributed by atoms with E-state index in [1.54, 1.807) is 0 Å². The lowest BCUT2D eigenvalue weighted by Crippen LogP contribution is -2.14. The molecule has 1 aromatic heterocycles. The van der Waals surface area contributed by atoms with Crippen molar-refractivity contribution in [2.45, 2.75) is 59.4 Å². The highest BCUT2D eigenvalue weighted by molar-refractivity contribution is 4.77. The topological polar surface area (TPSA) is 51.0 Å². The van der Waals surface area contributed by atoms with Gasteiger partial charge in [0.2, 0.25) is 11.8 Å². The molecule has 0 atom stereocenters. The molecule has 0 fully saturated rings. The maximum Gasteiger partial charge on any atom is 0.230 e. The third-order valence-electron chi connectivity index (χ3n) is 2.73. The average Bonchev–Trinajstić information content (AvgIpc) is 2.68. The number of unbranched alkanes of at least 4 members (excludes halogenated alkanes) is 3. The summed E-state index contributed by atoms with van der Waals surface area (Å²) in [6.45, 7) is 8.10. The zero-order chi connectivity index (χ0) is 12.5. The Bertz CT molecular complexity index is 297. The predicted octanol–water partition coefficient (Wildman–Crippen LogP) is 3.07. The molecule has 0 spiro atoms. The van der Waals surface area contributed by atoms with E-state index in [1.807, 2.05) is 6.92 Å². The zero-order valence-corrected chi connectivity index (χ0v) is 11.3. The molecular formula is C13H25N3O. The van der Waals surface area contributed by atoms with Crippen molar-refractivity contribution in [2.75, 3.05) is 6.54 Å². The zero-order valence-electron chi connectivity index (χ0n) is 11.3. The van der Waals surface area contributed by atoms with E-state index in [-0.39, 0.29) is 0 Å². The second-order valence-electron chi connectivity index (χ2n) is 4.99. The van der Waals surface area contributed by atoms with E-state index in [9.17, 15) is 0 Å². The fourth-order valence-electron chi connectivity index (χ4n) is 1.76. The van der Waals surface area contributed by atoms with Gasteiger partial charge >= 0.3 is 0 Å². The van der Waals surface area contributed by atoms with Crippen molar-refractivity contribution in [2.24, 2.45) is 5.92 Å². The van der Waals surface area contributed by atoms with Crippen LogP contribution in [0.1, 0.15) is 57.7 Å². The first-order valence-electron chi connectivity index (χ1n) is 6.68. The number of aromatic nitrogens is 2. The Morgan fingerprint density at radius 2 is 1.88 bits per heavy atom. The smallest absolute Gasteiger partial charge is 0.230 e. The SMILES string of the molecule is Cc1nnc(CNCCCCCCC(C)C)o1. The van der Waals surface area contributed by atoms with E-state index in [0.717, 1.165) is 12.5 Å². The van der Waals surface area contributed by atoms with Crippen LogP contribution in [0.25, 0.3) is 0 Å². The maximum atomic E-state index is 5.27. The number of hydrogen-bond donors (Lipinski definition) is 1. The maximum absolute atomic E-state index is 5.27. The Hall–Kier alpha value is -0.900. The molecule has 0 aliphatic heterocycles. The van der Waals surface area contributed by atoms with Crippen molar-refractivity contribution in [3.05, 3.63) is 11.8 Å². The summed E-state index contributed by atoms with van der Waals surface area (Å²) >= 11 is 0. The quantitative estimate of drug-likeness (QED) is 0.673. The molecule has 17 heavy (non-hydrogen) atoms. The highest BCUT2D eigenvalue weighted by Crippen LogP contribution is 2.09. The molecule has 1 rings (SSSR count). The van der Waals surface area contributed by atoms with Gasteiger partial charge in [-0.2, -0.15) is 0 Å². The first kappa shape index (κ1) is 14.2. The van der Waals surface area contributed by atoms with Crippen molar-refractivity contribution in [1.29, 1.82) is 0 Å². The van der Waals surface area contributed by atoms with Crippen LogP contribution < -0.4 is 5.32 Å². The van der Waals surface area contributed by atoms with Gasteiger partial charge in [0.05, 0.1) is 6.54 Å². The fraction of sp³-hybridized carbons (Fsp3) is 0.846. The lowest BCUT2D eigenvalue weighted by molar-refractivity contribution is 0.442. The highest BCUT2D eigenvalue weighted by Gasteiger charge is 2.00. The normalized spacial score (nSPS) is 11.3. The van der Waals surface area contributed by atoms with Crippen LogP contribution in [0.5, 0.6) is 0 Å². The van der Waals surface area contributed by atoms with Gasteiger partial charge in [0.15, 0.2) is 0 Å². The first-order chi connectivity index (χ1) is 8.18. The third kappa shape index (κ3) is 7.10. The molecule has 0 aromatic carbocycles. The van der Waals surface area contributed by atoms with Gasteiger partial charge in [-0.25, -0.2) is 0 Å². The third-order valence-corrected chi connectivity index (χ3v) is 2.73. The van der Waals surface area contributed by atoms with E-state index in [1.165, 1.54) is 32.1 Å². The van der Waals surface area contributed by atoms with Gasteiger partial charge in [-0.3, -0.25) is 0 Å². The summed E-state index contributed by atoms with van der Waals surface area (Å²) in [5, 5.41) is 11.0. The fourth-order valence-corrected chi connectivity index (χ4v) is 1.76. The number of nitrogens with zero attached hydrogens (tertiary/aromatic N) is 2. The molecular weight excluding hydrogens is 214 g/mol. The standard InChI is InChI=1S/C13H25N3O/c1-11(2)8-6-4-5-7-9-14-10-13-16-15-12(3)17-13/h11,14H,4-10H2,1-3H3. The summed E-state index contributed by atoms with van der Waals surface area (Å²) in [4.78, 5) is 0. The second kappa shape index (κ2) is 8.23. The summed E-state index contributed by atoms with van der Waals surface area (Å²) in [7, 11) is 0. The number of aryl methyl sites for hydroxylation is 1. The minimum atomic E-state index is 0.635. The predicted molar refractivity (Wildman–Crippen MR) is 68.7 cm³/mol. The van der Waals surface area contributed by atoms with Crippen LogP contribution in [0.2, 0.25) is 0 Å². The summed E-state index contributed by atoms with van der Waals surface area (Å²) in [6, 6.07) is 0. The van der Waals surface area contributed by atoms with E-state index in [2.05, 4.69) is 29.4 Å². The van der Waals surface area contributed by atoms with Crippen molar-refractivity contribution >= 4 is 0 Å². The minimum Gasteiger partial charge on any atom is -0.424 e. The second-order valence-corrected chi connectivity index (χ2v) is 4.99.